The number of nitrogens with one attached hydrogen (secondary N) is 1. The Balaban J connectivity index is 0.000000417. The molecule has 0 saturated carbocycles. The number of nitrogens with zero attached hydrogens (tertiary/aromatic N) is 9. The predicted octanol–water partition coefficient (Wildman–Crippen LogP) is 6.25. The molecule has 2 aromatic heterocycles. The molecular weight excluding hydrogens is 861 g/mol. The van der Waals surface area contributed by atoms with Gasteiger partial charge in [0.2, 0.25) is 5.91 Å². The number of anilines is 1. The van der Waals surface area contributed by atoms with E-state index in [-0.39, 0.29) is 65.8 Å². The van der Waals surface area contributed by atoms with E-state index < -0.39 is 54.2 Å². The Hall–Kier alpha value is -7.91. The Morgan fingerprint density at radius 2 is 1.33 bits per heavy atom. The number of hydrogen-bond donors (Lipinski definition) is 4. The number of amides is 1. The number of aryl methyl sites for hydroxylation is 2. The topological polar surface area (TPSA) is 320 Å². The summed E-state index contributed by atoms with van der Waals surface area (Å²) >= 11 is 0. The number of aromatic carboxylic acids is 2. The van der Waals surface area contributed by atoms with Crippen LogP contribution in [0.15, 0.2) is 139 Å². The number of aromatic nitrogens is 4. The number of carboxylic acids is 2. The number of nitro benzene ring substituents is 1. The van der Waals surface area contributed by atoms with Gasteiger partial charge in [0.1, 0.15) is 11.1 Å². The zero-order valence-corrected chi connectivity index (χ0v) is 33.4. The summed E-state index contributed by atoms with van der Waals surface area (Å²) in [6.07, 6.45) is 1.12. The third-order valence-corrected chi connectivity index (χ3v) is 8.82. The predicted molar refractivity (Wildman–Crippen MR) is 213 cm³/mol. The monoisotopic (exact) mass is 890 g/mol. The van der Waals surface area contributed by atoms with Crippen molar-refractivity contribution >= 4 is 62.1 Å². The van der Waals surface area contributed by atoms with Crippen molar-refractivity contribution in [3.05, 3.63) is 157 Å². The van der Waals surface area contributed by atoms with Crippen LogP contribution in [0, 0.1) is 24.0 Å². The Morgan fingerprint density at radius 3 is 1.82 bits per heavy atom. The number of azo groups is 2. The van der Waals surface area contributed by atoms with Crippen LogP contribution in [0.4, 0.5) is 34.1 Å². The van der Waals surface area contributed by atoms with Crippen LogP contribution in [0.3, 0.4) is 0 Å². The maximum atomic E-state index is 12.7. The van der Waals surface area contributed by atoms with E-state index in [1.807, 2.05) is 0 Å². The summed E-state index contributed by atoms with van der Waals surface area (Å²) in [5.74, 6) is -3.19. The molecule has 0 spiro atoms. The van der Waals surface area contributed by atoms with Crippen LogP contribution in [-0.2, 0) is 32.3 Å². The van der Waals surface area contributed by atoms with Crippen molar-refractivity contribution in [1.82, 2.24) is 19.6 Å². The number of carbonyl (C=O) groups is 3. The van der Waals surface area contributed by atoms with Crippen molar-refractivity contribution in [2.24, 2.45) is 20.5 Å². The normalized spacial score (nSPS) is 11.1. The first-order chi connectivity index (χ1) is 28.4. The first kappa shape index (κ1) is 45.8. The van der Waals surface area contributed by atoms with Crippen LogP contribution in [-0.4, -0.2) is 65.5 Å². The summed E-state index contributed by atoms with van der Waals surface area (Å²) in [6.45, 7) is 6.42. The summed E-state index contributed by atoms with van der Waals surface area (Å²) in [7, 11) is -4.57. The Kier molecular flexibility index (Phi) is 14.4. The number of para-hydroxylation sites is 1. The quantitative estimate of drug-likeness (QED) is 0.0264. The van der Waals surface area contributed by atoms with E-state index in [2.05, 4.69) is 42.6 Å². The molecule has 4 N–H and O–H groups in total. The van der Waals surface area contributed by atoms with Gasteiger partial charge in [-0.1, -0.05) is 50.0 Å². The van der Waals surface area contributed by atoms with Gasteiger partial charge < -0.3 is 35.3 Å². The average molecular weight is 891 g/mol. The summed E-state index contributed by atoms with van der Waals surface area (Å²) < 4.78 is 33.9. The Labute approximate surface area is 356 Å². The maximum Gasteiger partial charge on any atom is 1.00 e. The van der Waals surface area contributed by atoms with Gasteiger partial charge in [-0.2, -0.15) is 18.6 Å². The number of carbonyl (C=O) groups excluding carboxylic acids is 1. The Bertz CT molecular complexity index is 2990. The second-order valence-corrected chi connectivity index (χ2v) is 13.4. The van der Waals surface area contributed by atoms with E-state index in [0.29, 0.717) is 17.1 Å². The van der Waals surface area contributed by atoms with Gasteiger partial charge >= 0.3 is 14.8 Å². The van der Waals surface area contributed by atoms with Gasteiger partial charge in [-0.25, -0.2) is 29.2 Å². The third-order valence-electron chi connectivity index (χ3n) is 7.98. The van der Waals surface area contributed by atoms with E-state index in [9.17, 15) is 52.7 Å². The molecule has 2 heterocycles. The van der Waals surface area contributed by atoms with Gasteiger partial charge in [0, 0.05) is 35.2 Å². The molecule has 0 fully saturated rings. The minimum Gasteiger partial charge on any atom is -0.478 e. The fourth-order valence-electron chi connectivity index (χ4n) is 5.06. The second-order valence-electron chi connectivity index (χ2n) is 12.0. The molecule has 4 aromatic carbocycles. The van der Waals surface area contributed by atoms with Crippen molar-refractivity contribution in [2.45, 2.75) is 18.7 Å². The van der Waals surface area contributed by atoms with E-state index in [0.717, 1.165) is 51.8 Å². The van der Waals surface area contributed by atoms with E-state index in [1.54, 1.807) is 54.6 Å². The van der Waals surface area contributed by atoms with Gasteiger partial charge in [-0.3, -0.25) is 19.5 Å². The number of hydrogen-bond acceptors (Lipinski definition) is 15. The molecule has 0 bridgehead atoms. The molecule has 0 aliphatic rings. The minimum absolute atomic E-state index is 0. The van der Waals surface area contributed by atoms with Crippen molar-refractivity contribution in [2.75, 3.05) is 5.32 Å². The largest absolute Gasteiger partial charge is 1.00 e. The molecular formula is C37H30CrN10O12S. The van der Waals surface area contributed by atoms with Gasteiger partial charge in [0.05, 0.1) is 43.7 Å². The number of carboxylic acid groups (broad SMARTS) is 2. The fraction of sp³-hybridized carbons (Fsp3) is 0.0541. The molecule has 0 atom stereocenters. The smallest absolute Gasteiger partial charge is 0.478 e. The summed E-state index contributed by atoms with van der Waals surface area (Å²) in [5.41, 5.74) is -1.22. The third kappa shape index (κ3) is 10.8. The van der Waals surface area contributed by atoms with Gasteiger partial charge in [0.15, 0.2) is 0 Å². The Morgan fingerprint density at radius 1 is 0.803 bits per heavy atom. The first-order valence-electron chi connectivity index (χ1n) is 16.7. The molecule has 24 heteroatoms. The summed E-state index contributed by atoms with van der Waals surface area (Å²) in [6, 6.07) is 20.7. The molecule has 6 aromatic rings. The molecule has 22 nitrogen and oxygen atoms in total. The minimum atomic E-state index is -4.57. The zero-order chi connectivity index (χ0) is 43.9. The molecule has 1 amide bonds. The van der Waals surface area contributed by atoms with Gasteiger partial charge in [-0.15, -0.1) is 11.4 Å². The van der Waals surface area contributed by atoms with Crippen LogP contribution in [0.25, 0.3) is 11.4 Å². The fourth-order valence-corrected chi connectivity index (χ4v) is 5.56. The summed E-state index contributed by atoms with van der Waals surface area (Å²) in [5, 5.41) is 55.3. The van der Waals surface area contributed by atoms with Crippen LogP contribution >= 0.6 is 0 Å². The summed E-state index contributed by atoms with van der Waals surface area (Å²) in [4.78, 5) is 69.0. The maximum absolute atomic E-state index is 12.7. The van der Waals surface area contributed by atoms with Crippen LogP contribution in [0.5, 0.6) is 0 Å². The molecule has 312 valence electrons. The molecule has 0 saturated heterocycles. The van der Waals surface area contributed by atoms with E-state index >= 15 is 0 Å². The molecule has 6 rings (SSSR count). The zero-order valence-electron chi connectivity index (χ0n) is 33.3. The van der Waals surface area contributed by atoms with Crippen LogP contribution in [0.2, 0.25) is 0 Å². The van der Waals surface area contributed by atoms with E-state index in [1.165, 1.54) is 13.8 Å². The first-order valence-corrected chi connectivity index (χ1v) is 18.2. The molecule has 0 radical (unpaired) electrons. The number of rotatable bonds is 12. The van der Waals surface area contributed by atoms with Crippen LogP contribution in [0.1, 0.15) is 35.0 Å². The molecule has 0 unspecified atom stereocenters. The number of nitro groups is 1. The van der Waals surface area contributed by atoms with Gasteiger partial charge in [-0.05, 0) is 66.7 Å². The molecule has 0 aliphatic carbocycles. The number of non-ortho nitro benzene ring substituents is 1. The van der Waals surface area contributed by atoms with Crippen LogP contribution < -0.4 is 16.4 Å². The van der Waals surface area contributed by atoms with Crippen molar-refractivity contribution in [3.63, 3.8) is 0 Å². The number of benzene rings is 4. The molecule has 61 heavy (non-hydrogen) atoms. The van der Waals surface area contributed by atoms with Crippen molar-refractivity contribution < 1.29 is 62.7 Å². The molecule has 0 aliphatic heterocycles. The van der Waals surface area contributed by atoms with Crippen molar-refractivity contribution in [1.29, 1.82) is 0 Å². The standard InChI is InChI=1S/C20H15N6O6.C17H13N4O6S.Cr/c1-3-17(27)21-12-4-6-13(7-5-12)25-19(28)18(11(2)24-25)23-22-16-9-8-14(26(31)32)10-15(16)20(29)30;1-10-15(16(22)21(20-10)11-5-3-2-4-6-11)19-18-14-9-12(28(25,26)27)7-8-13(14)17(23)24;/h3-10H,1H2,2H3,(H,21,27)(H,29,30);2-9H,1H3,(H,23,24)(H,25,26,27);/q2*-1;/p+2. The van der Waals surface area contributed by atoms with Crippen molar-refractivity contribution in [3.8, 4) is 11.4 Å². The van der Waals surface area contributed by atoms with Gasteiger partial charge in [0.25, 0.3) is 15.8 Å². The average Bonchev–Trinajstić information content (AvgIpc) is 3.67. The SMILES string of the molecule is C=CC(=O)Nc1ccc(-n2nc(C)[c-](N=Nc3ccc([N+](=O)[O-])cc3C(=O)O)c2=O)cc1.Cc1nn(-c2ccccc2)c(=O)[c-]1N=Nc1cc(S(=O)(=O)O)ccc1C(=O)O.[Cr].[H+].[H+]. The van der Waals surface area contributed by atoms with E-state index in [4.69, 9.17) is 4.55 Å². The second kappa shape index (κ2) is 19.2.